The predicted molar refractivity (Wildman–Crippen MR) is 74.4 cm³/mol. The van der Waals surface area contributed by atoms with Crippen LogP contribution in [0.1, 0.15) is 10.6 Å². The van der Waals surface area contributed by atoms with Crippen LogP contribution in [0.4, 0.5) is 0 Å². The smallest absolute Gasteiger partial charge is 0.290 e. The lowest BCUT2D eigenvalue weighted by Gasteiger charge is -2.04. The summed E-state index contributed by atoms with van der Waals surface area (Å²) in [5.41, 5.74) is 0. The molecule has 0 unspecified atom stereocenters. The molecule has 0 saturated heterocycles. The minimum Gasteiger partial charge on any atom is -0.424 e. The minimum absolute atomic E-state index is 0.170. The first-order valence-corrected chi connectivity index (χ1v) is 6.38. The first-order valence-electron chi connectivity index (χ1n) is 6.00. The van der Waals surface area contributed by atoms with Gasteiger partial charge >= 0.3 is 0 Å². The molecule has 0 fully saturated rings. The van der Waals surface area contributed by atoms with Crippen LogP contribution < -0.4 is 10.1 Å². The molecule has 2 aromatic rings. The zero-order chi connectivity index (χ0) is 14.4. The van der Waals surface area contributed by atoms with Crippen LogP contribution in [0, 0.1) is 0 Å². The number of methoxy groups -OCH3 is 1. The molecule has 0 saturated carbocycles. The minimum atomic E-state index is -0.323. The van der Waals surface area contributed by atoms with Crippen LogP contribution in [-0.2, 0) is 4.74 Å². The van der Waals surface area contributed by atoms with Gasteiger partial charge in [0.2, 0.25) is 0 Å². The molecule has 1 aromatic heterocycles. The fraction of sp³-hybridized carbons (Fsp3) is 0.214. The molecule has 20 heavy (non-hydrogen) atoms. The van der Waals surface area contributed by atoms with E-state index in [0.717, 1.165) is 0 Å². The number of para-hydroxylation sites is 1. The second-order valence-electron chi connectivity index (χ2n) is 3.90. The molecule has 1 amide bonds. The van der Waals surface area contributed by atoms with Gasteiger partial charge in [-0.1, -0.05) is 23.7 Å². The lowest BCUT2D eigenvalue weighted by molar-refractivity contribution is 0.0904. The lowest BCUT2D eigenvalue weighted by atomic mass is 10.3. The molecule has 0 aliphatic heterocycles. The summed E-state index contributed by atoms with van der Waals surface area (Å²) in [6.07, 6.45) is 0. The highest BCUT2D eigenvalue weighted by Crippen LogP contribution is 2.29. The largest absolute Gasteiger partial charge is 0.424 e. The fourth-order valence-electron chi connectivity index (χ4n) is 1.49. The summed E-state index contributed by atoms with van der Waals surface area (Å²) < 4.78 is 15.6. The van der Waals surface area contributed by atoms with Gasteiger partial charge < -0.3 is 19.2 Å². The summed E-state index contributed by atoms with van der Waals surface area (Å²) in [6, 6.07) is 10.1. The van der Waals surface area contributed by atoms with Gasteiger partial charge in [-0.25, -0.2) is 0 Å². The molecule has 6 heteroatoms. The van der Waals surface area contributed by atoms with Crippen molar-refractivity contribution in [3.63, 3.8) is 0 Å². The molecular formula is C14H14ClNO4. The quantitative estimate of drug-likeness (QED) is 0.832. The normalized spacial score (nSPS) is 10.3. The van der Waals surface area contributed by atoms with Crippen LogP contribution in [0.3, 0.4) is 0 Å². The van der Waals surface area contributed by atoms with Gasteiger partial charge in [-0.3, -0.25) is 4.79 Å². The van der Waals surface area contributed by atoms with E-state index < -0.39 is 0 Å². The predicted octanol–water partition coefficient (Wildman–Crippen LogP) is 3.10. The molecule has 5 nitrogen and oxygen atoms in total. The number of furan rings is 1. The maximum absolute atomic E-state index is 11.7. The van der Waals surface area contributed by atoms with Crippen molar-refractivity contribution in [3.8, 4) is 11.7 Å². The maximum Gasteiger partial charge on any atom is 0.290 e. The van der Waals surface area contributed by atoms with Gasteiger partial charge in [0.15, 0.2) is 5.76 Å². The van der Waals surface area contributed by atoms with E-state index in [2.05, 4.69) is 5.32 Å². The van der Waals surface area contributed by atoms with Crippen LogP contribution >= 0.6 is 11.6 Å². The highest BCUT2D eigenvalue weighted by atomic mass is 35.5. The Morgan fingerprint density at radius 1 is 1.30 bits per heavy atom. The second-order valence-corrected chi connectivity index (χ2v) is 4.31. The topological polar surface area (TPSA) is 60.7 Å². The molecule has 1 N–H and O–H groups in total. The summed E-state index contributed by atoms with van der Waals surface area (Å²) in [5, 5.41) is 3.12. The number of rotatable bonds is 6. The standard InChI is InChI=1S/C14H14ClNO4/c1-18-9-8-16-14(17)12-6-7-13(20-12)19-11-5-3-2-4-10(11)15/h2-7H,8-9H2,1H3,(H,16,17). The molecule has 1 aromatic carbocycles. The summed E-state index contributed by atoms with van der Waals surface area (Å²) in [6.45, 7) is 0.853. The van der Waals surface area contributed by atoms with E-state index >= 15 is 0 Å². The van der Waals surface area contributed by atoms with Crippen molar-refractivity contribution in [1.29, 1.82) is 0 Å². The molecule has 0 bridgehead atoms. The van der Waals surface area contributed by atoms with E-state index in [1.807, 2.05) is 0 Å². The van der Waals surface area contributed by atoms with Crippen LogP contribution in [0.25, 0.3) is 0 Å². The van der Waals surface area contributed by atoms with Gasteiger partial charge in [-0.15, -0.1) is 0 Å². The Morgan fingerprint density at radius 2 is 2.10 bits per heavy atom. The monoisotopic (exact) mass is 295 g/mol. The van der Waals surface area contributed by atoms with Crippen molar-refractivity contribution in [2.75, 3.05) is 20.3 Å². The summed E-state index contributed by atoms with van der Waals surface area (Å²) in [7, 11) is 1.56. The Balaban J connectivity index is 1.99. The van der Waals surface area contributed by atoms with Crippen molar-refractivity contribution in [2.45, 2.75) is 0 Å². The highest BCUT2D eigenvalue weighted by Gasteiger charge is 2.12. The van der Waals surface area contributed by atoms with E-state index in [1.54, 1.807) is 37.4 Å². The summed E-state index contributed by atoms with van der Waals surface area (Å²) >= 11 is 5.97. The third-order valence-electron chi connectivity index (χ3n) is 2.44. The molecule has 0 aliphatic rings. The maximum atomic E-state index is 11.7. The number of nitrogens with one attached hydrogen (secondary N) is 1. The summed E-state index contributed by atoms with van der Waals surface area (Å²) in [5.74, 6) is 0.518. The average Bonchev–Trinajstić information content (AvgIpc) is 2.90. The number of hydrogen-bond donors (Lipinski definition) is 1. The van der Waals surface area contributed by atoms with Crippen LogP contribution in [0.2, 0.25) is 5.02 Å². The van der Waals surface area contributed by atoms with Gasteiger partial charge in [0.1, 0.15) is 5.75 Å². The summed E-state index contributed by atoms with van der Waals surface area (Å²) in [4.78, 5) is 11.7. The Bertz CT molecular complexity index is 582. The zero-order valence-corrected chi connectivity index (χ0v) is 11.6. The molecule has 0 spiro atoms. The molecule has 0 aliphatic carbocycles. The third kappa shape index (κ3) is 3.76. The highest BCUT2D eigenvalue weighted by molar-refractivity contribution is 6.32. The molecule has 106 valence electrons. The molecular weight excluding hydrogens is 282 g/mol. The number of carbonyl (C=O) groups excluding carboxylic acids is 1. The van der Waals surface area contributed by atoms with Crippen molar-refractivity contribution in [1.82, 2.24) is 5.32 Å². The Kier molecular flexibility index (Phi) is 5.03. The van der Waals surface area contributed by atoms with E-state index in [9.17, 15) is 4.79 Å². The fourth-order valence-corrected chi connectivity index (χ4v) is 1.66. The number of carbonyl (C=O) groups is 1. The van der Waals surface area contributed by atoms with Gasteiger partial charge in [-0.2, -0.15) is 0 Å². The van der Waals surface area contributed by atoms with Crippen molar-refractivity contribution >= 4 is 17.5 Å². The van der Waals surface area contributed by atoms with Gasteiger partial charge in [-0.05, 0) is 18.2 Å². The van der Waals surface area contributed by atoms with Gasteiger partial charge in [0, 0.05) is 19.7 Å². The number of hydrogen-bond acceptors (Lipinski definition) is 4. The number of benzene rings is 1. The van der Waals surface area contributed by atoms with Crippen molar-refractivity contribution in [3.05, 3.63) is 47.2 Å². The first kappa shape index (κ1) is 14.4. The van der Waals surface area contributed by atoms with Crippen molar-refractivity contribution < 1.29 is 18.7 Å². The molecule has 1 heterocycles. The second kappa shape index (κ2) is 6.98. The zero-order valence-electron chi connectivity index (χ0n) is 10.9. The lowest BCUT2D eigenvalue weighted by Crippen LogP contribution is -2.26. The third-order valence-corrected chi connectivity index (χ3v) is 2.76. The Labute approximate surface area is 121 Å². The van der Waals surface area contributed by atoms with Crippen LogP contribution in [-0.4, -0.2) is 26.2 Å². The van der Waals surface area contributed by atoms with Gasteiger partial charge in [0.25, 0.3) is 11.9 Å². The van der Waals surface area contributed by atoms with Gasteiger partial charge in [0.05, 0.1) is 11.6 Å². The average molecular weight is 296 g/mol. The number of amides is 1. The first-order chi connectivity index (χ1) is 9.70. The van der Waals surface area contributed by atoms with Crippen LogP contribution in [0.15, 0.2) is 40.8 Å². The van der Waals surface area contributed by atoms with E-state index in [4.69, 9.17) is 25.5 Å². The van der Waals surface area contributed by atoms with Crippen LogP contribution in [0.5, 0.6) is 11.7 Å². The van der Waals surface area contributed by atoms with E-state index in [0.29, 0.717) is 23.9 Å². The number of halogens is 1. The van der Waals surface area contributed by atoms with Crippen molar-refractivity contribution in [2.24, 2.45) is 0 Å². The Hall–Kier alpha value is -1.98. The van der Waals surface area contributed by atoms with E-state index in [1.165, 1.54) is 6.07 Å². The number of ether oxygens (including phenoxy) is 2. The molecule has 2 rings (SSSR count). The molecule has 0 atom stereocenters. The Morgan fingerprint density at radius 3 is 2.85 bits per heavy atom. The SMILES string of the molecule is COCCNC(=O)c1ccc(Oc2ccccc2Cl)o1. The van der Waals surface area contributed by atoms with E-state index in [-0.39, 0.29) is 17.6 Å². The molecule has 0 radical (unpaired) electrons.